The molecule has 1 atom stereocenters. The summed E-state index contributed by atoms with van der Waals surface area (Å²) in [6.07, 6.45) is -0.879. The van der Waals surface area contributed by atoms with Gasteiger partial charge in [-0.25, -0.2) is 13.4 Å². The van der Waals surface area contributed by atoms with E-state index >= 15 is 0 Å². The van der Waals surface area contributed by atoms with Crippen LogP contribution < -0.4 is 5.32 Å². The van der Waals surface area contributed by atoms with E-state index in [-0.39, 0.29) is 34.4 Å². The molecule has 0 spiro atoms. The molecular formula is C28H32F3N3O4S. The summed E-state index contributed by atoms with van der Waals surface area (Å²) < 4.78 is 67.0. The number of aliphatic hydroxyl groups is 1. The Labute approximate surface area is 226 Å². The number of carbonyl (C=O) groups excluding carboxylic acids is 1. The number of hydrogen-bond donors (Lipinski definition) is 2. The van der Waals surface area contributed by atoms with Gasteiger partial charge in [0.25, 0.3) is 5.91 Å². The molecule has 7 nitrogen and oxygen atoms in total. The van der Waals surface area contributed by atoms with Gasteiger partial charge >= 0.3 is 6.18 Å². The lowest BCUT2D eigenvalue weighted by molar-refractivity contribution is -0.138. The summed E-state index contributed by atoms with van der Waals surface area (Å²) in [5.41, 5.74) is 0.396. The van der Waals surface area contributed by atoms with Crippen LogP contribution in [0.4, 0.5) is 13.2 Å². The second kappa shape index (κ2) is 11.5. The minimum absolute atomic E-state index is 0.0324. The average Bonchev–Trinajstić information content (AvgIpc) is 3.55. The molecule has 210 valence electrons. The third kappa shape index (κ3) is 6.19. The number of hydrogen-bond acceptors (Lipinski definition) is 5. The van der Waals surface area contributed by atoms with E-state index in [0.29, 0.717) is 17.1 Å². The monoisotopic (exact) mass is 563 g/mol. The van der Waals surface area contributed by atoms with Gasteiger partial charge in [-0.1, -0.05) is 50.1 Å². The van der Waals surface area contributed by atoms with Crippen LogP contribution in [0.1, 0.15) is 83.3 Å². The minimum atomic E-state index is -4.51. The van der Waals surface area contributed by atoms with Crippen LogP contribution >= 0.6 is 0 Å². The zero-order valence-corrected chi connectivity index (χ0v) is 22.6. The van der Waals surface area contributed by atoms with Crippen LogP contribution in [0.5, 0.6) is 0 Å². The highest BCUT2D eigenvalue weighted by Gasteiger charge is 2.34. The molecule has 1 aliphatic carbocycles. The maximum absolute atomic E-state index is 13.7. The van der Waals surface area contributed by atoms with Gasteiger partial charge in [0.05, 0.1) is 28.9 Å². The fourth-order valence-electron chi connectivity index (χ4n) is 5.11. The maximum atomic E-state index is 13.7. The first-order valence-electron chi connectivity index (χ1n) is 12.9. The topological polar surface area (TPSA) is 101 Å². The Bertz CT molecular complexity index is 1430. The Kier molecular flexibility index (Phi) is 8.51. The fourth-order valence-corrected chi connectivity index (χ4v) is 5.99. The second-order valence-corrected chi connectivity index (χ2v) is 12.1. The molecule has 2 aromatic carbocycles. The van der Waals surface area contributed by atoms with Gasteiger partial charge in [-0.05, 0) is 49.1 Å². The van der Waals surface area contributed by atoms with E-state index in [1.807, 2.05) is 0 Å². The summed E-state index contributed by atoms with van der Waals surface area (Å²) in [5.74, 6) is -0.00343. The Balaban J connectivity index is 1.65. The summed E-state index contributed by atoms with van der Waals surface area (Å²) in [4.78, 5) is 18.1. The summed E-state index contributed by atoms with van der Waals surface area (Å²) in [7, 11) is -3.40. The zero-order chi connectivity index (χ0) is 28.4. The smallest absolute Gasteiger partial charge is 0.394 e. The molecule has 39 heavy (non-hydrogen) atoms. The zero-order valence-electron chi connectivity index (χ0n) is 21.8. The predicted octanol–water partition coefficient (Wildman–Crippen LogP) is 5.17. The van der Waals surface area contributed by atoms with Crippen molar-refractivity contribution in [3.05, 3.63) is 82.4 Å². The van der Waals surface area contributed by atoms with E-state index in [1.165, 1.54) is 36.4 Å². The van der Waals surface area contributed by atoms with Gasteiger partial charge in [-0.3, -0.25) is 4.79 Å². The van der Waals surface area contributed by atoms with Gasteiger partial charge in [0.2, 0.25) is 0 Å². The van der Waals surface area contributed by atoms with E-state index < -0.39 is 40.1 Å². The largest absolute Gasteiger partial charge is 0.416 e. The minimum Gasteiger partial charge on any atom is -0.394 e. The number of imidazole rings is 1. The molecule has 11 heteroatoms. The van der Waals surface area contributed by atoms with E-state index in [0.717, 1.165) is 31.7 Å². The molecule has 1 aliphatic rings. The number of sulfone groups is 1. The van der Waals surface area contributed by atoms with Gasteiger partial charge in [0.1, 0.15) is 11.5 Å². The van der Waals surface area contributed by atoms with E-state index in [2.05, 4.69) is 10.3 Å². The number of benzene rings is 2. The van der Waals surface area contributed by atoms with Crippen molar-refractivity contribution in [3.63, 3.8) is 0 Å². The lowest BCUT2D eigenvalue weighted by Crippen LogP contribution is -2.31. The molecule has 1 saturated carbocycles. The molecule has 1 unspecified atom stereocenters. The third-order valence-corrected chi connectivity index (χ3v) is 9.10. The standard InChI is InChI=1S/C28H32F3N3O4S/c1-3-39(37,38)22-14-12-19(13-15-22)24(17-35)32-27(36)25-18(2)34(26(33-25)20-8-4-5-9-20)16-21-10-6-7-11-23(21)28(29,30)31/h6-7,10-15,20,24,35H,3-5,8-9,16-17H2,1-2H3,(H,32,36). The molecule has 3 aromatic rings. The number of carbonyl (C=O) groups is 1. The highest BCUT2D eigenvalue weighted by atomic mass is 32.2. The van der Waals surface area contributed by atoms with E-state index in [1.54, 1.807) is 24.5 Å². The van der Waals surface area contributed by atoms with Crippen LogP contribution in [0.25, 0.3) is 0 Å². The van der Waals surface area contributed by atoms with Crippen LogP contribution in [-0.4, -0.2) is 41.3 Å². The van der Waals surface area contributed by atoms with Crippen LogP contribution in [0.2, 0.25) is 0 Å². The van der Waals surface area contributed by atoms with Crippen LogP contribution in [0.3, 0.4) is 0 Å². The summed E-state index contributed by atoms with van der Waals surface area (Å²) in [5, 5.41) is 12.7. The first-order valence-corrected chi connectivity index (χ1v) is 14.6. The number of aromatic nitrogens is 2. The molecule has 1 fully saturated rings. The highest BCUT2D eigenvalue weighted by molar-refractivity contribution is 7.91. The number of nitrogens with zero attached hydrogens (tertiary/aromatic N) is 2. The SMILES string of the molecule is CCS(=O)(=O)c1ccc(C(CO)NC(=O)c2nc(C3CCCC3)n(Cc3ccccc3C(F)(F)F)c2C)cc1. The first-order chi connectivity index (χ1) is 18.5. The van der Waals surface area contributed by atoms with Crippen molar-refractivity contribution in [3.8, 4) is 0 Å². The summed E-state index contributed by atoms with van der Waals surface area (Å²) in [6.45, 7) is 2.68. The van der Waals surface area contributed by atoms with Crippen molar-refractivity contribution in [2.75, 3.05) is 12.4 Å². The molecule has 1 aromatic heterocycles. The first kappa shape index (κ1) is 28.8. The Morgan fingerprint density at radius 2 is 1.77 bits per heavy atom. The lowest BCUT2D eigenvalue weighted by Gasteiger charge is -2.18. The van der Waals surface area contributed by atoms with Gasteiger partial charge < -0.3 is 15.0 Å². The van der Waals surface area contributed by atoms with Crippen molar-refractivity contribution < 1.29 is 31.5 Å². The normalized spacial score (nSPS) is 15.4. The van der Waals surface area contributed by atoms with Crippen molar-refractivity contribution in [1.82, 2.24) is 14.9 Å². The number of rotatable bonds is 9. The highest BCUT2D eigenvalue weighted by Crippen LogP contribution is 2.37. The number of nitrogens with one attached hydrogen (secondary N) is 1. The molecular weight excluding hydrogens is 531 g/mol. The molecule has 1 heterocycles. The van der Waals surface area contributed by atoms with E-state index in [9.17, 15) is 31.5 Å². The maximum Gasteiger partial charge on any atom is 0.416 e. The fraction of sp³-hybridized carbons (Fsp3) is 0.429. The van der Waals surface area contributed by atoms with Gasteiger partial charge in [0.15, 0.2) is 9.84 Å². The molecule has 0 saturated heterocycles. The molecule has 2 N–H and O–H groups in total. The van der Waals surface area contributed by atoms with Crippen molar-refractivity contribution in [1.29, 1.82) is 0 Å². The lowest BCUT2D eigenvalue weighted by atomic mass is 10.1. The van der Waals surface area contributed by atoms with Crippen LogP contribution in [0, 0.1) is 6.92 Å². The van der Waals surface area contributed by atoms with E-state index in [4.69, 9.17) is 0 Å². The second-order valence-electron chi connectivity index (χ2n) is 9.81. The number of aliphatic hydroxyl groups excluding tert-OH is 1. The Morgan fingerprint density at radius 1 is 1.13 bits per heavy atom. The molecule has 1 amide bonds. The molecule has 0 bridgehead atoms. The third-order valence-electron chi connectivity index (χ3n) is 7.35. The average molecular weight is 564 g/mol. The van der Waals surface area contributed by atoms with Gasteiger partial charge in [0, 0.05) is 18.2 Å². The van der Waals surface area contributed by atoms with Crippen molar-refractivity contribution in [2.24, 2.45) is 0 Å². The summed E-state index contributed by atoms with van der Waals surface area (Å²) in [6, 6.07) is 10.5. The number of amides is 1. The molecule has 0 radical (unpaired) electrons. The van der Waals surface area contributed by atoms with Gasteiger partial charge in [-0.15, -0.1) is 0 Å². The van der Waals surface area contributed by atoms with Crippen molar-refractivity contribution in [2.45, 2.75) is 69.1 Å². The molecule has 0 aliphatic heterocycles. The quantitative estimate of drug-likeness (QED) is 0.374. The summed E-state index contributed by atoms with van der Waals surface area (Å²) >= 11 is 0. The van der Waals surface area contributed by atoms with Gasteiger partial charge in [-0.2, -0.15) is 13.2 Å². The van der Waals surface area contributed by atoms with Crippen molar-refractivity contribution >= 4 is 15.7 Å². The molecule has 4 rings (SSSR count). The Morgan fingerprint density at radius 3 is 2.36 bits per heavy atom. The number of alkyl halides is 3. The predicted molar refractivity (Wildman–Crippen MR) is 140 cm³/mol. The number of halogens is 3. The van der Waals surface area contributed by atoms with Crippen LogP contribution in [-0.2, 0) is 22.6 Å². The Hall–Kier alpha value is -3.18. The van der Waals surface area contributed by atoms with Crippen LogP contribution in [0.15, 0.2) is 53.4 Å².